The van der Waals surface area contributed by atoms with Crippen LogP contribution in [-0.4, -0.2) is 38.6 Å². The van der Waals surface area contributed by atoms with Crippen LogP contribution in [0.25, 0.3) is 0 Å². The summed E-state index contributed by atoms with van der Waals surface area (Å²) in [5.41, 5.74) is 1.56. The van der Waals surface area contributed by atoms with E-state index in [1.54, 1.807) is 42.5 Å². The van der Waals surface area contributed by atoms with Gasteiger partial charge < -0.3 is 25.4 Å². The Morgan fingerprint density at radius 3 is 1.89 bits per heavy atom. The first-order valence-electron chi connectivity index (χ1n) is 8.60. The van der Waals surface area contributed by atoms with Crippen LogP contribution in [0.15, 0.2) is 42.5 Å². The highest BCUT2D eigenvalue weighted by atomic mass is 16.5. The van der Waals surface area contributed by atoms with Crippen LogP contribution in [0, 0.1) is 0 Å². The van der Waals surface area contributed by atoms with E-state index < -0.39 is 0 Å². The second-order valence-electron chi connectivity index (χ2n) is 6.15. The highest BCUT2D eigenvalue weighted by molar-refractivity contribution is 6.08. The number of hydrogen-bond acceptors (Lipinski definition) is 5. The molecule has 0 aliphatic heterocycles. The summed E-state index contributed by atoms with van der Waals surface area (Å²) in [5, 5.41) is 8.65. The van der Waals surface area contributed by atoms with Gasteiger partial charge in [-0.15, -0.1) is 0 Å². The zero-order chi connectivity index (χ0) is 19.8. The standard InChI is InChI=1S/C20H25N3O4/c1-13(2)21-12-18(24)22-14-8-10-15(11-9-14)23-20(25)19-16(26-3)6-5-7-17(19)27-4/h5-11,13,21H,12H2,1-4H3,(H,22,24)(H,23,25). The maximum atomic E-state index is 12.6. The van der Waals surface area contributed by atoms with Crippen molar-refractivity contribution in [1.29, 1.82) is 0 Å². The second-order valence-corrected chi connectivity index (χ2v) is 6.15. The molecule has 0 aromatic heterocycles. The van der Waals surface area contributed by atoms with Crippen molar-refractivity contribution in [3.8, 4) is 11.5 Å². The largest absolute Gasteiger partial charge is 0.496 e. The molecule has 144 valence electrons. The lowest BCUT2D eigenvalue weighted by atomic mass is 10.1. The number of carbonyl (C=O) groups is 2. The number of ether oxygens (including phenoxy) is 2. The second kappa shape index (κ2) is 9.59. The van der Waals surface area contributed by atoms with E-state index in [4.69, 9.17) is 9.47 Å². The van der Waals surface area contributed by atoms with Crippen molar-refractivity contribution in [3.63, 3.8) is 0 Å². The normalized spacial score (nSPS) is 10.4. The van der Waals surface area contributed by atoms with Gasteiger partial charge in [0, 0.05) is 17.4 Å². The average molecular weight is 371 g/mol. The average Bonchev–Trinajstić information content (AvgIpc) is 2.67. The van der Waals surface area contributed by atoms with Crippen molar-refractivity contribution >= 4 is 23.2 Å². The predicted octanol–water partition coefficient (Wildman–Crippen LogP) is 2.89. The lowest BCUT2D eigenvalue weighted by molar-refractivity contribution is -0.115. The number of rotatable bonds is 8. The van der Waals surface area contributed by atoms with Crippen molar-refractivity contribution in [2.45, 2.75) is 19.9 Å². The van der Waals surface area contributed by atoms with E-state index in [9.17, 15) is 9.59 Å². The summed E-state index contributed by atoms with van der Waals surface area (Å²) in [4.78, 5) is 24.5. The van der Waals surface area contributed by atoms with Gasteiger partial charge >= 0.3 is 0 Å². The fourth-order valence-corrected chi connectivity index (χ4v) is 2.41. The number of nitrogens with one attached hydrogen (secondary N) is 3. The molecule has 0 radical (unpaired) electrons. The molecule has 0 atom stereocenters. The maximum absolute atomic E-state index is 12.6. The fraction of sp³-hybridized carbons (Fsp3) is 0.300. The molecule has 27 heavy (non-hydrogen) atoms. The summed E-state index contributed by atoms with van der Waals surface area (Å²) in [5.74, 6) is 0.378. The summed E-state index contributed by atoms with van der Waals surface area (Å²) < 4.78 is 10.5. The predicted molar refractivity (Wildman–Crippen MR) is 106 cm³/mol. The molecule has 0 saturated heterocycles. The molecule has 2 aromatic carbocycles. The third-order valence-electron chi connectivity index (χ3n) is 3.75. The molecule has 2 rings (SSSR count). The molecule has 2 amide bonds. The summed E-state index contributed by atoms with van der Waals surface area (Å²) in [7, 11) is 2.99. The summed E-state index contributed by atoms with van der Waals surface area (Å²) >= 11 is 0. The van der Waals surface area contributed by atoms with Crippen molar-refractivity contribution in [1.82, 2.24) is 5.32 Å². The molecular formula is C20H25N3O4. The van der Waals surface area contributed by atoms with Crippen molar-refractivity contribution in [2.75, 3.05) is 31.4 Å². The van der Waals surface area contributed by atoms with E-state index in [1.165, 1.54) is 14.2 Å². The third kappa shape index (κ3) is 5.72. The summed E-state index contributed by atoms with van der Waals surface area (Å²) in [6.45, 7) is 4.19. The highest BCUT2D eigenvalue weighted by Gasteiger charge is 2.18. The van der Waals surface area contributed by atoms with Crippen LogP contribution >= 0.6 is 0 Å². The van der Waals surface area contributed by atoms with Crippen molar-refractivity contribution < 1.29 is 19.1 Å². The smallest absolute Gasteiger partial charge is 0.263 e. The van der Waals surface area contributed by atoms with Crippen molar-refractivity contribution in [2.24, 2.45) is 0 Å². The minimum atomic E-state index is -0.345. The lowest BCUT2D eigenvalue weighted by Crippen LogP contribution is -2.32. The zero-order valence-corrected chi connectivity index (χ0v) is 16.0. The minimum Gasteiger partial charge on any atom is -0.496 e. The van der Waals surface area contributed by atoms with Crippen LogP contribution in [0.2, 0.25) is 0 Å². The Hall–Kier alpha value is -3.06. The van der Waals surface area contributed by atoms with E-state index in [0.717, 1.165) is 0 Å². The molecule has 0 aliphatic carbocycles. The Bertz CT molecular complexity index is 766. The minimum absolute atomic E-state index is 0.126. The molecule has 2 aromatic rings. The van der Waals surface area contributed by atoms with Crippen LogP contribution in [-0.2, 0) is 4.79 Å². The molecule has 0 heterocycles. The number of amides is 2. The van der Waals surface area contributed by atoms with Crippen LogP contribution in [0.1, 0.15) is 24.2 Å². The molecule has 0 saturated carbocycles. The first kappa shape index (κ1) is 20.3. The van der Waals surface area contributed by atoms with E-state index in [2.05, 4.69) is 16.0 Å². The lowest BCUT2D eigenvalue weighted by Gasteiger charge is -2.13. The van der Waals surface area contributed by atoms with Gasteiger partial charge in [-0.2, -0.15) is 0 Å². The molecule has 7 heteroatoms. The van der Waals surface area contributed by atoms with Gasteiger partial charge in [-0.1, -0.05) is 19.9 Å². The Morgan fingerprint density at radius 1 is 0.889 bits per heavy atom. The van der Waals surface area contributed by atoms with Crippen LogP contribution in [0.4, 0.5) is 11.4 Å². The molecule has 7 nitrogen and oxygen atoms in total. The van der Waals surface area contributed by atoms with Crippen LogP contribution in [0.5, 0.6) is 11.5 Å². The first-order valence-corrected chi connectivity index (χ1v) is 8.60. The van der Waals surface area contributed by atoms with E-state index in [0.29, 0.717) is 28.4 Å². The Labute approximate surface area is 159 Å². The van der Waals surface area contributed by atoms with Gasteiger partial charge in [0.15, 0.2) is 0 Å². The van der Waals surface area contributed by atoms with Gasteiger partial charge in [-0.3, -0.25) is 9.59 Å². The van der Waals surface area contributed by atoms with E-state index >= 15 is 0 Å². The van der Waals surface area contributed by atoms with E-state index in [1.807, 2.05) is 13.8 Å². The van der Waals surface area contributed by atoms with Crippen LogP contribution < -0.4 is 25.4 Å². The van der Waals surface area contributed by atoms with E-state index in [-0.39, 0.29) is 24.4 Å². The number of benzene rings is 2. The van der Waals surface area contributed by atoms with Crippen LogP contribution in [0.3, 0.4) is 0 Å². The topological polar surface area (TPSA) is 88.7 Å². The Kier molecular flexibility index (Phi) is 7.19. The van der Waals surface area contributed by atoms with Gasteiger partial charge in [-0.05, 0) is 36.4 Å². The highest BCUT2D eigenvalue weighted by Crippen LogP contribution is 2.29. The summed E-state index contributed by atoms with van der Waals surface area (Å²) in [6.07, 6.45) is 0. The van der Waals surface area contributed by atoms with Gasteiger partial charge in [0.05, 0.1) is 20.8 Å². The molecule has 0 spiro atoms. The SMILES string of the molecule is COc1cccc(OC)c1C(=O)Nc1ccc(NC(=O)CNC(C)C)cc1. The Balaban J connectivity index is 2.04. The molecule has 0 bridgehead atoms. The molecule has 0 aliphatic rings. The fourth-order valence-electron chi connectivity index (χ4n) is 2.41. The third-order valence-corrected chi connectivity index (χ3v) is 3.75. The molecular weight excluding hydrogens is 346 g/mol. The number of methoxy groups -OCH3 is 2. The van der Waals surface area contributed by atoms with Gasteiger partial charge in [0.2, 0.25) is 5.91 Å². The first-order chi connectivity index (χ1) is 12.9. The Morgan fingerprint density at radius 2 is 1.41 bits per heavy atom. The zero-order valence-electron chi connectivity index (χ0n) is 16.0. The van der Waals surface area contributed by atoms with Gasteiger partial charge in [0.25, 0.3) is 5.91 Å². The van der Waals surface area contributed by atoms with Crippen molar-refractivity contribution in [3.05, 3.63) is 48.0 Å². The number of carbonyl (C=O) groups excluding carboxylic acids is 2. The van der Waals surface area contributed by atoms with Gasteiger partial charge in [-0.25, -0.2) is 0 Å². The monoisotopic (exact) mass is 371 g/mol. The quantitative estimate of drug-likeness (QED) is 0.664. The molecule has 0 fully saturated rings. The summed E-state index contributed by atoms with van der Waals surface area (Å²) in [6, 6.07) is 12.3. The number of anilines is 2. The van der Waals surface area contributed by atoms with Gasteiger partial charge in [0.1, 0.15) is 17.1 Å². The number of hydrogen-bond donors (Lipinski definition) is 3. The molecule has 3 N–H and O–H groups in total. The maximum Gasteiger partial charge on any atom is 0.263 e. The molecule has 0 unspecified atom stereocenters.